The fourth-order valence-electron chi connectivity index (χ4n) is 0.693. The van der Waals surface area contributed by atoms with Gasteiger partial charge in [0.25, 0.3) is 0 Å². The number of aliphatic hydroxyl groups excluding tert-OH is 2. The molecule has 7 heteroatoms. The van der Waals surface area contributed by atoms with Gasteiger partial charge in [-0.3, -0.25) is 0 Å². The topological polar surface area (TPSA) is 92.3 Å². The summed E-state index contributed by atoms with van der Waals surface area (Å²) in [4.78, 5) is 7.75. The summed E-state index contributed by atoms with van der Waals surface area (Å²) in [5, 5.41) is 18.4. The van der Waals surface area contributed by atoms with Crippen molar-refractivity contribution < 1.29 is 10.2 Å². The zero-order valence-electron chi connectivity index (χ0n) is 7.22. The summed E-state index contributed by atoms with van der Waals surface area (Å²) in [5.74, 6) is 0.556. The molecular formula is C7H10BrN3O2S. The highest BCUT2D eigenvalue weighted by atomic mass is 79.9. The lowest BCUT2D eigenvalue weighted by Crippen LogP contribution is -2.14. The Morgan fingerprint density at radius 2 is 2.36 bits per heavy atom. The summed E-state index contributed by atoms with van der Waals surface area (Å²) in [6.07, 6.45) is 0.804. The van der Waals surface area contributed by atoms with E-state index >= 15 is 0 Å². The van der Waals surface area contributed by atoms with E-state index in [0.29, 0.717) is 10.8 Å². The fourth-order valence-corrected chi connectivity index (χ4v) is 2.03. The predicted molar refractivity (Wildman–Crippen MR) is 58.0 cm³/mol. The van der Waals surface area contributed by atoms with Gasteiger partial charge in [0.1, 0.15) is 5.03 Å². The molecule has 0 fully saturated rings. The molecule has 5 nitrogen and oxygen atoms in total. The molecular weight excluding hydrogens is 270 g/mol. The lowest BCUT2D eigenvalue weighted by atomic mass is 10.4. The minimum Gasteiger partial charge on any atom is -0.394 e. The number of nitrogen functional groups attached to an aromatic ring is 1. The van der Waals surface area contributed by atoms with Gasteiger partial charge in [0.05, 0.1) is 17.2 Å². The van der Waals surface area contributed by atoms with Gasteiger partial charge in [-0.05, 0) is 15.9 Å². The van der Waals surface area contributed by atoms with Crippen LogP contribution in [0.2, 0.25) is 0 Å². The molecule has 4 N–H and O–H groups in total. The Kier molecular flexibility index (Phi) is 4.59. The number of aromatic nitrogens is 2. The van der Waals surface area contributed by atoms with Gasteiger partial charge < -0.3 is 15.9 Å². The van der Waals surface area contributed by atoms with E-state index in [-0.39, 0.29) is 12.6 Å². The number of rotatable bonds is 4. The zero-order chi connectivity index (χ0) is 10.6. The Morgan fingerprint density at radius 1 is 1.64 bits per heavy atom. The lowest BCUT2D eigenvalue weighted by molar-refractivity contribution is 0.113. The van der Waals surface area contributed by atoms with Crippen LogP contribution in [0.1, 0.15) is 0 Å². The van der Waals surface area contributed by atoms with Gasteiger partial charge in [-0.25, -0.2) is 9.97 Å². The maximum atomic E-state index is 9.12. The molecule has 0 spiro atoms. The van der Waals surface area contributed by atoms with E-state index < -0.39 is 6.10 Å². The van der Waals surface area contributed by atoms with Crippen LogP contribution in [0.25, 0.3) is 0 Å². The normalized spacial score (nSPS) is 12.8. The van der Waals surface area contributed by atoms with Crippen LogP contribution in [0.4, 0.5) is 5.95 Å². The first-order valence-corrected chi connectivity index (χ1v) is 5.61. The number of aliphatic hydroxyl groups is 2. The average Bonchev–Trinajstić information content (AvgIpc) is 2.19. The van der Waals surface area contributed by atoms with Crippen molar-refractivity contribution in [2.45, 2.75) is 11.1 Å². The van der Waals surface area contributed by atoms with Crippen molar-refractivity contribution in [1.82, 2.24) is 9.97 Å². The summed E-state index contributed by atoms with van der Waals surface area (Å²) in [5.41, 5.74) is 5.40. The third-order valence-corrected chi connectivity index (χ3v) is 3.33. The van der Waals surface area contributed by atoms with Crippen molar-refractivity contribution in [3.63, 3.8) is 0 Å². The minimum absolute atomic E-state index is 0.189. The molecule has 0 amide bonds. The van der Waals surface area contributed by atoms with E-state index in [0.717, 1.165) is 4.47 Å². The second kappa shape index (κ2) is 5.50. The van der Waals surface area contributed by atoms with Crippen molar-refractivity contribution >= 4 is 33.6 Å². The molecule has 1 heterocycles. The maximum absolute atomic E-state index is 9.12. The van der Waals surface area contributed by atoms with E-state index in [2.05, 4.69) is 25.9 Å². The Balaban J connectivity index is 2.62. The molecule has 14 heavy (non-hydrogen) atoms. The quantitative estimate of drug-likeness (QED) is 0.541. The molecule has 0 aliphatic rings. The monoisotopic (exact) mass is 279 g/mol. The summed E-state index contributed by atoms with van der Waals surface area (Å²) < 4.78 is 0.724. The molecule has 0 radical (unpaired) electrons. The van der Waals surface area contributed by atoms with E-state index in [9.17, 15) is 0 Å². The highest BCUT2D eigenvalue weighted by Gasteiger charge is 2.07. The van der Waals surface area contributed by atoms with Crippen LogP contribution in [0, 0.1) is 0 Å². The minimum atomic E-state index is -0.747. The Hall–Kier alpha value is -0.370. The van der Waals surface area contributed by atoms with Gasteiger partial charge in [0.15, 0.2) is 0 Å². The number of halogens is 1. The molecule has 0 aliphatic heterocycles. The second-order valence-electron chi connectivity index (χ2n) is 2.53. The zero-order valence-corrected chi connectivity index (χ0v) is 9.62. The standard InChI is InChI=1S/C7H10BrN3O2S/c8-5-1-10-7(9)11-6(5)14-3-4(13)2-12/h1,4,12-13H,2-3H2,(H2,9,10,11). The third kappa shape index (κ3) is 3.41. The van der Waals surface area contributed by atoms with Crippen molar-refractivity contribution in [3.8, 4) is 0 Å². The average molecular weight is 280 g/mol. The molecule has 1 unspecified atom stereocenters. The SMILES string of the molecule is Nc1ncc(Br)c(SCC(O)CO)n1. The summed E-state index contributed by atoms with van der Waals surface area (Å²) in [6, 6.07) is 0. The molecule has 0 saturated carbocycles. The van der Waals surface area contributed by atoms with Crippen molar-refractivity contribution in [3.05, 3.63) is 10.7 Å². The smallest absolute Gasteiger partial charge is 0.221 e. The van der Waals surface area contributed by atoms with Crippen LogP contribution in [-0.2, 0) is 0 Å². The molecule has 0 aliphatic carbocycles. The van der Waals surface area contributed by atoms with Crippen LogP contribution in [-0.4, -0.2) is 38.6 Å². The molecule has 1 aromatic rings. The van der Waals surface area contributed by atoms with Crippen LogP contribution < -0.4 is 5.73 Å². The summed E-state index contributed by atoms with van der Waals surface area (Å²) in [6.45, 7) is -0.259. The fraction of sp³-hybridized carbons (Fsp3) is 0.429. The summed E-state index contributed by atoms with van der Waals surface area (Å²) in [7, 11) is 0. The summed E-state index contributed by atoms with van der Waals surface area (Å²) >= 11 is 4.56. The first-order valence-electron chi connectivity index (χ1n) is 3.83. The van der Waals surface area contributed by atoms with E-state index in [1.54, 1.807) is 6.20 Å². The predicted octanol–water partition coefficient (Wildman–Crippen LogP) is 0.267. The third-order valence-electron chi connectivity index (χ3n) is 1.35. The number of hydrogen-bond acceptors (Lipinski definition) is 6. The molecule has 78 valence electrons. The lowest BCUT2D eigenvalue weighted by Gasteiger charge is -2.07. The van der Waals surface area contributed by atoms with E-state index in [1.165, 1.54) is 11.8 Å². The van der Waals surface area contributed by atoms with Crippen LogP contribution in [0.3, 0.4) is 0 Å². The molecule has 0 bridgehead atoms. The van der Waals surface area contributed by atoms with Gasteiger partial charge in [0, 0.05) is 11.9 Å². The molecule has 1 atom stereocenters. The molecule has 0 saturated heterocycles. The Morgan fingerprint density at radius 3 is 3.00 bits per heavy atom. The first-order chi connectivity index (χ1) is 6.63. The largest absolute Gasteiger partial charge is 0.394 e. The Bertz CT molecular complexity index is 313. The number of hydrogen-bond donors (Lipinski definition) is 3. The highest BCUT2D eigenvalue weighted by Crippen LogP contribution is 2.25. The number of nitrogens with two attached hydrogens (primary N) is 1. The number of thioether (sulfide) groups is 1. The van der Waals surface area contributed by atoms with Gasteiger partial charge in [-0.1, -0.05) is 0 Å². The van der Waals surface area contributed by atoms with Gasteiger partial charge in [-0.15, -0.1) is 11.8 Å². The van der Waals surface area contributed by atoms with Gasteiger partial charge in [0.2, 0.25) is 5.95 Å². The maximum Gasteiger partial charge on any atom is 0.221 e. The van der Waals surface area contributed by atoms with Gasteiger partial charge >= 0.3 is 0 Å². The van der Waals surface area contributed by atoms with Crippen LogP contribution in [0.15, 0.2) is 15.7 Å². The van der Waals surface area contributed by atoms with Gasteiger partial charge in [-0.2, -0.15) is 0 Å². The Labute approximate surface area is 93.9 Å². The first kappa shape index (κ1) is 11.7. The number of nitrogens with zero attached hydrogens (tertiary/aromatic N) is 2. The van der Waals surface area contributed by atoms with E-state index in [1.807, 2.05) is 0 Å². The second-order valence-corrected chi connectivity index (χ2v) is 4.39. The molecule has 1 rings (SSSR count). The van der Waals surface area contributed by atoms with Crippen molar-refractivity contribution in [1.29, 1.82) is 0 Å². The number of anilines is 1. The van der Waals surface area contributed by atoms with Crippen molar-refractivity contribution in [2.75, 3.05) is 18.1 Å². The van der Waals surface area contributed by atoms with Crippen LogP contribution >= 0.6 is 27.7 Å². The molecule has 0 aromatic carbocycles. The highest BCUT2D eigenvalue weighted by molar-refractivity contribution is 9.10. The molecule has 1 aromatic heterocycles. The van der Waals surface area contributed by atoms with Crippen LogP contribution in [0.5, 0.6) is 0 Å². The van der Waals surface area contributed by atoms with Crippen molar-refractivity contribution in [2.24, 2.45) is 0 Å². The van der Waals surface area contributed by atoms with E-state index in [4.69, 9.17) is 15.9 Å².